The summed E-state index contributed by atoms with van der Waals surface area (Å²) in [5.74, 6) is -0.543. The lowest BCUT2D eigenvalue weighted by Gasteiger charge is -2.19. The van der Waals surface area contributed by atoms with Gasteiger partial charge >= 0.3 is 11.9 Å². The van der Waals surface area contributed by atoms with Crippen LogP contribution in [-0.2, 0) is 47.9 Å². The normalized spacial score (nSPS) is 20.7. The molecule has 10 heteroatoms. The van der Waals surface area contributed by atoms with Crippen molar-refractivity contribution in [2.24, 2.45) is 16.8 Å². The number of methoxy groups -OCH3 is 2. The number of allylic oxidation sites excluding steroid dienone is 1. The van der Waals surface area contributed by atoms with E-state index in [1.54, 1.807) is 6.92 Å². The maximum absolute atomic E-state index is 12.5. The Labute approximate surface area is 264 Å². The fourth-order valence-corrected chi connectivity index (χ4v) is 6.75. The lowest BCUT2D eigenvalue weighted by Crippen LogP contribution is -2.31. The van der Waals surface area contributed by atoms with Gasteiger partial charge in [0.2, 0.25) is 5.91 Å². The van der Waals surface area contributed by atoms with Crippen LogP contribution < -0.4 is 16.0 Å². The number of carbonyl (C=O) groups excluding carboxylic acids is 4. The maximum Gasteiger partial charge on any atom is 0.305 e. The molecule has 0 saturated carbocycles. The zero-order chi connectivity index (χ0) is 33.0. The van der Waals surface area contributed by atoms with Crippen molar-refractivity contribution >= 4 is 41.6 Å². The van der Waals surface area contributed by atoms with Gasteiger partial charge in [-0.25, -0.2) is 4.99 Å². The predicted molar refractivity (Wildman–Crippen MR) is 173 cm³/mol. The van der Waals surface area contributed by atoms with E-state index in [1.807, 2.05) is 39.8 Å². The number of rotatable bonds is 12. The van der Waals surface area contributed by atoms with Gasteiger partial charge in [-0.15, -0.1) is 0 Å². The minimum absolute atomic E-state index is 0.0138. The number of nitrogens with one attached hydrogen (secondary N) is 3. The smallest absolute Gasteiger partial charge is 0.305 e. The number of nitrogens with zero attached hydrogens (tertiary/aromatic N) is 1. The zero-order valence-corrected chi connectivity index (χ0v) is 27.7. The number of ether oxygens (including phenoxy) is 2. The Kier molecular flexibility index (Phi) is 10.7. The number of amides is 2. The van der Waals surface area contributed by atoms with Crippen molar-refractivity contribution in [1.29, 1.82) is 0 Å². The minimum atomic E-state index is -0.306. The van der Waals surface area contributed by atoms with Crippen molar-refractivity contribution in [3.63, 3.8) is 0 Å². The van der Waals surface area contributed by atoms with E-state index in [2.05, 4.69) is 27.2 Å². The van der Waals surface area contributed by atoms with Gasteiger partial charge in [-0.05, 0) is 85.9 Å². The van der Waals surface area contributed by atoms with Crippen molar-refractivity contribution in [3.05, 3.63) is 55.5 Å². The van der Waals surface area contributed by atoms with E-state index in [0.717, 1.165) is 56.3 Å². The molecule has 0 radical (unpaired) electrons. The Bertz CT molecular complexity index is 1690. The SMILES string of the molecule is CCC1=C(C)C(=O)N=C1/C=c1\[nH]/c(=C\c2[nH]c(C[C@H]3NC(=O)[C@H](C)[C@H]3CC)c(C)c2CCC(=O)OC)c(CCC(=O)OC)c1C. The first-order valence-corrected chi connectivity index (χ1v) is 15.8. The van der Waals surface area contributed by atoms with Gasteiger partial charge in [0.25, 0.3) is 5.91 Å². The van der Waals surface area contributed by atoms with Crippen LogP contribution >= 0.6 is 0 Å². The van der Waals surface area contributed by atoms with Crippen LogP contribution in [0.1, 0.15) is 87.0 Å². The molecule has 4 heterocycles. The van der Waals surface area contributed by atoms with Crippen LogP contribution in [0.25, 0.3) is 12.2 Å². The summed E-state index contributed by atoms with van der Waals surface area (Å²) in [4.78, 5) is 60.6. The monoisotopic (exact) mass is 618 g/mol. The summed E-state index contributed by atoms with van der Waals surface area (Å²) in [6, 6.07) is 0.0138. The molecule has 0 aromatic carbocycles. The number of aliphatic imine (C=N–C) groups is 1. The predicted octanol–water partition coefficient (Wildman–Crippen LogP) is 3.19. The van der Waals surface area contributed by atoms with Gasteiger partial charge in [0, 0.05) is 58.9 Å². The lowest BCUT2D eigenvalue weighted by molar-refractivity contribution is -0.141. The summed E-state index contributed by atoms with van der Waals surface area (Å²) in [5.41, 5.74) is 8.03. The summed E-state index contributed by atoms with van der Waals surface area (Å²) in [7, 11) is 2.76. The van der Waals surface area contributed by atoms with E-state index >= 15 is 0 Å². The molecule has 10 nitrogen and oxygen atoms in total. The van der Waals surface area contributed by atoms with Gasteiger partial charge in [0.15, 0.2) is 0 Å². The third-order valence-corrected chi connectivity index (χ3v) is 9.60. The average molecular weight is 619 g/mol. The first kappa shape index (κ1) is 33.7. The number of hydrogen-bond donors (Lipinski definition) is 3. The fraction of sp³-hybridized carbons (Fsp3) is 0.514. The molecule has 2 aliphatic heterocycles. The second kappa shape index (κ2) is 14.3. The second-order valence-electron chi connectivity index (χ2n) is 12.1. The van der Waals surface area contributed by atoms with Crippen LogP contribution in [0.4, 0.5) is 0 Å². The summed E-state index contributed by atoms with van der Waals surface area (Å²) in [5, 5.41) is 4.80. The molecule has 1 saturated heterocycles. The Morgan fingerprint density at radius 3 is 2.13 bits per heavy atom. The van der Waals surface area contributed by atoms with Gasteiger partial charge in [0.1, 0.15) is 0 Å². The molecule has 0 spiro atoms. The van der Waals surface area contributed by atoms with Gasteiger partial charge < -0.3 is 24.8 Å². The Morgan fingerprint density at radius 1 is 0.889 bits per heavy atom. The second-order valence-corrected chi connectivity index (χ2v) is 12.1. The highest BCUT2D eigenvalue weighted by Crippen LogP contribution is 2.30. The number of hydrogen-bond acceptors (Lipinski definition) is 6. The Balaban J connectivity index is 1.85. The highest BCUT2D eigenvalue weighted by atomic mass is 16.5. The lowest BCUT2D eigenvalue weighted by atomic mass is 9.87. The van der Waals surface area contributed by atoms with Crippen LogP contribution in [0.2, 0.25) is 0 Å². The van der Waals surface area contributed by atoms with Crippen LogP contribution in [-0.4, -0.2) is 59.7 Å². The molecule has 0 bridgehead atoms. The standard InChI is InChI=1S/C35H46N4O6/c1-9-22-20(5)34(42)38-28(22)15-26-18(3)24(11-13-32(40)44-7)30(36-26)17-31-25(12-14-33(41)45-8)19(4)27(37-31)16-29-23(10-2)21(6)35(43)39-29/h15,17,21,23,29,36-37H,9-14,16H2,1-8H3,(H,39,43)/b26-15-,30-17-/t21-,23-,29-/m1/s1. The van der Waals surface area contributed by atoms with E-state index < -0.39 is 0 Å². The largest absolute Gasteiger partial charge is 0.469 e. The maximum atomic E-state index is 12.5. The van der Waals surface area contributed by atoms with Crippen molar-refractivity contribution in [2.75, 3.05) is 14.2 Å². The molecule has 1 fully saturated rings. The van der Waals surface area contributed by atoms with Crippen molar-refractivity contribution < 1.29 is 28.7 Å². The fourth-order valence-electron chi connectivity index (χ4n) is 6.75. The summed E-state index contributed by atoms with van der Waals surface area (Å²) in [6.45, 7) is 11.9. The van der Waals surface area contributed by atoms with E-state index in [1.165, 1.54) is 14.2 Å². The number of aromatic amines is 2. The third-order valence-electron chi connectivity index (χ3n) is 9.60. The average Bonchev–Trinajstić information content (AvgIpc) is 3.67. The van der Waals surface area contributed by atoms with Crippen LogP contribution in [0, 0.1) is 25.7 Å². The molecule has 0 aliphatic carbocycles. The van der Waals surface area contributed by atoms with Gasteiger partial charge in [-0.2, -0.15) is 0 Å². The molecular weight excluding hydrogens is 572 g/mol. The van der Waals surface area contributed by atoms with Crippen molar-refractivity contribution in [3.8, 4) is 0 Å². The van der Waals surface area contributed by atoms with Gasteiger partial charge in [0.05, 0.1) is 19.9 Å². The van der Waals surface area contributed by atoms with Gasteiger partial charge in [-0.3, -0.25) is 19.2 Å². The molecule has 0 unspecified atom stereocenters. The molecule has 2 aromatic heterocycles. The number of aromatic nitrogens is 2. The van der Waals surface area contributed by atoms with E-state index in [-0.39, 0.29) is 54.5 Å². The van der Waals surface area contributed by atoms with E-state index in [0.29, 0.717) is 37.0 Å². The zero-order valence-electron chi connectivity index (χ0n) is 27.7. The first-order valence-electron chi connectivity index (χ1n) is 15.8. The highest BCUT2D eigenvalue weighted by molar-refractivity contribution is 6.30. The molecule has 3 atom stereocenters. The van der Waals surface area contributed by atoms with Crippen molar-refractivity contribution in [1.82, 2.24) is 15.3 Å². The van der Waals surface area contributed by atoms with E-state index in [9.17, 15) is 19.2 Å². The van der Waals surface area contributed by atoms with Crippen LogP contribution in [0.15, 0.2) is 16.1 Å². The van der Waals surface area contributed by atoms with Crippen LogP contribution in [0.5, 0.6) is 0 Å². The van der Waals surface area contributed by atoms with E-state index in [4.69, 9.17) is 9.47 Å². The summed E-state index contributed by atoms with van der Waals surface area (Å²) < 4.78 is 9.86. The quantitative estimate of drug-likeness (QED) is 0.312. The Hall–Kier alpha value is -4.21. The molecule has 2 aromatic rings. The van der Waals surface area contributed by atoms with Crippen molar-refractivity contribution in [2.45, 2.75) is 92.5 Å². The third kappa shape index (κ3) is 7.05. The topological polar surface area (TPSA) is 143 Å². The highest BCUT2D eigenvalue weighted by Gasteiger charge is 2.38. The minimum Gasteiger partial charge on any atom is -0.469 e. The molecule has 2 amide bonds. The molecule has 4 rings (SSSR count). The number of H-pyrrole nitrogens is 2. The molecule has 3 N–H and O–H groups in total. The first-order chi connectivity index (χ1) is 21.4. The molecule has 45 heavy (non-hydrogen) atoms. The van der Waals surface area contributed by atoms with Gasteiger partial charge in [-0.1, -0.05) is 27.2 Å². The molecule has 2 aliphatic rings. The van der Waals surface area contributed by atoms with Crippen LogP contribution in [0.3, 0.4) is 0 Å². The molecular formula is C35H46N4O6. The number of carbonyl (C=O) groups is 4. The summed E-state index contributed by atoms with van der Waals surface area (Å²) in [6.07, 6.45) is 7.52. The number of esters is 2. The Morgan fingerprint density at radius 2 is 1.53 bits per heavy atom. The molecule has 242 valence electrons. The summed E-state index contributed by atoms with van der Waals surface area (Å²) >= 11 is 0.